The van der Waals surface area contributed by atoms with Gasteiger partial charge in [-0.3, -0.25) is 0 Å². The third kappa shape index (κ3) is 2.85. The summed E-state index contributed by atoms with van der Waals surface area (Å²) >= 11 is 0. The number of hydrogen-bond donors (Lipinski definition) is 0. The van der Waals surface area contributed by atoms with Gasteiger partial charge in [0, 0.05) is 6.07 Å². The van der Waals surface area contributed by atoms with Crippen molar-refractivity contribution in [1.82, 2.24) is 0 Å². The van der Waals surface area contributed by atoms with Gasteiger partial charge in [-0.15, -0.1) is 0 Å². The molecule has 0 fully saturated rings. The summed E-state index contributed by atoms with van der Waals surface area (Å²) in [7, 11) is 3.55. The van der Waals surface area contributed by atoms with Crippen molar-refractivity contribution >= 4 is 17.9 Å². The molecule has 0 atom stereocenters. The molecule has 0 aliphatic heterocycles. The summed E-state index contributed by atoms with van der Waals surface area (Å²) < 4.78 is 13.5. The molecule has 0 N–H and O–H groups in total. The van der Waals surface area contributed by atoms with Crippen molar-refractivity contribution in [3.63, 3.8) is 0 Å². The van der Waals surface area contributed by atoms with Crippen molar-refractivity contribution in [2.75, 3.05) is 21.3 Å². The van der Waals surface area contributed by atoms with Gasteiger partial charge in [0.25, 0.3) is 0 Å². The fourth-order valence-electron chi connectivity index (χ4n) is 1.25. The highest BCUT2D eigenvalue weighted by Gasteiger charge is 2.17. The lowest BCUT2D eigenvalue weighted by atomic mass is 10.1. The molecule has 95 valence electrons. The van der Waals surface area contributed by atoms with Crippen LogP contribution in [0, 0.1) is 6.07 Å². The van der Waals surface area contributed by atoms with Crippen LogP contribution in [0.15, 0.2) is 12.1 Å². The summed E-state index contributed by atoms with van der Waals surface area (Å²) in [6, 6.07) is 4.96. The smallest absolute Gasteiger partial charge is 0.338 e. The molecule has 1 aromatic rings. The first-order valence-corrected chi connectivity index (χ1v) is 4.85. The maximum Gasteiger partial charge on any atom is 0.338 e. The maximum atomic E-state index is 11.4. The van der Waals surface area contributed by atoms with Crippen molar-refractivity contribution in [2.45, 2.75) is 0 Å². The zero-order chi connectivity index (χ0) is 13.7. The molecule has 0 heterocycles. The normalized spacial score (nSPS) is 9.50. The highest BCUT2D eigenvalue weighted by molar-refractivity contribution is 6.00. The zero-order valence-electron chi connectivity index (χ0n) is 10.1. The lowest BCUT2D eigenvalue weighted by Crippen LogP contribution is -2.11. The molecule has 0 aromatic heterocycles. The van der Waals surface area contributed by atoms with Crippen LogP contribution < -0.4 is 0 Å². The van der Waals surface area contributed by atoms with Gasteiger partial charge >= 0.3 is 17.9 Å². The summed E-state index contributed by atoms with van der Waals surface area (Å²) in [5.41, 5.74) is -0.0707. The summed E-state index contributed by atoms with van der Waals surface area (Å²) in [5.74, 6) is -2.11. The minimum atomic E-state index is -0.717. The minimum absolute atomic E-state index is 0.0389. The predicted octanol–water partition coefficient (Wildman–Crippen LogP) is 0.847. The molecule has 1 rings (SSSR count). The van der Waals surface area contributed by atoms with E-state index in [9.17, 15) is 14.4 Å². The Labute approximate surface area is 103 Å². The van der Waals surface area contributed by atoms with Gasteiger partial charge in [-0.25, -0.2) is 14.4 Å². The molecule has 0 unspecified atom stereocenters. The van der Waals surface area contributed by atoms with E-state index in [0.29, 0.717) is 0 Å². The van der Waals surface area contributed by atoms with Gasteiger partial charge in [-0.1, -0.05) is 0 Å². The van der Waals surface area contributed by atoms with E-state index in [1.54, 1.807) is 0 Å². The Bertz CT molecular complexity index is 408. The van der Waals surface area contributed by atoms with E-state index in [1.165, 1.54) is 33.5 Å². The van der Waals surface area contributed by atoms with Crippen molar-refractivity contribution in [1.29, 1.82) is 0 Å². The Kier molecular flexibility index (Phi) is 4.42. The molecule has 18 heavy (non-hydrogen) atoms. The summed E-state index contributed by atoms with van der Waals surface area (Å²) in [4.78, 5) is 34.2. The van der Waals surface area contributed by atoms with Crippen molar-refractivity contribution in [2.24, 2.45) is 0 Å². The predicted molar refractivity (Wildman–Crippen MR) is 59.3 cm³/mol. The quantitative estimate of drug-likeness (QED) is 0.585. The van der Waals surface area contributed by atoms with Gasteiger partial charge in [0.15, 0.2) is 0 Å². The SMILES string of the molecule is COC(=O)c1[c]c(C(=O)OC)cc(C(=O)OC)c1. The molecule has 1 aromatic carbocycles. The molecule has 6 heteroatoms. The van der Waals surface area contributed by atoms with Gasteiger partial charge in [-0.2, -0.15) is 0 Å². The number of ether oxygens (including phenoxy) is 3. The molecule has 0 amide bonds. The molecular formula is C12H11O6. The van der Waals surface area contributed by atoms with Gasteiger partial charge in [-0.05, 0) is 12.1 Å². The minimum Gasteiger partial charge on any atom is -0.465 e. The van der Waals surface area contributed by atoms with E-state index in [-0.39, 0.29) is 16.7 Å². The van der Waals surface area contributed by atoms with Gasteiger partial charge in [0.05, 0.1) is 38.0 Å². The fourth-order valence-corrected chi connectivity index (χ4v) is 1.25. The number of carbonyl (C=O) groups excluding carboxylic acids is 3. The fraction of sp³-hybridized carbons (Fsp3) is 0.250. The Hall–Kier alpha value is -2.37. The number of hydrogen-bond acceptors (Lipinski definition) is 6. The number of rotatable bonds is 3. The molecule has 0 aliphatic rings. The Morgan fingerprint density at radius 2 is 1.22 bits per heavy atom. The molecular weight excluding hydrogens is 240 g/mol. The summed E-state index contributed by atoms with van der Waals surface area (Å²) in [6.07, 6.45) is 0. The van der Waals surface area contributed by atoms with E-state index in [2.05, 4.69) is 20.3 Å². The molecule has 1 radical (unpaired) electrons. The van der Waals surface area contributed by atoms with E-state index in [1.807, 2.05) is 0 Å². The Morgan fingerprint density at radius 1 is 0.833 bits per heavy atom. The molecule has 0 saturated heterocycles. The Morgan fingerprint density at radius 3 is 1.56 bits per heavy atom. The summed E-state index contributed by atoms with van der Waals surface area (Å²) in [5, 5.41) is 0. The van der Waals surface area contributed by atoms with Crippen LogP contribution in [-0.2, 0) is 14.2 Å². The van der Waals surface area contributed by atoms with E-state index in [0.717, 1.165) is 0 Å². The molecule has 6 nitrogen and oxygen atoms in total. The van der Waals surface area contributed by atoms with Gasteiger partial charge < -0.3 is 14.2 Å². The first-order valence-electron chi connectivity index (χ1n) is 4.85. The average Bonchev–Trinajstić information content (AvgIpc) is 2.43. The summed E-state index contributed by atoms with van der Waals surface area (Å²) in [6.45, 7) is 0. The second-order valence-corrected chi connectivity index (χ2v) is 3.17. The van der Waals surface area contributed by atoms with Gasteiger partial charge in [0.2, 0.25) is 0 Å². The van der Waals surface area contributed by atoms with Gasteiger partial charge in [0.1, 0.15) is 0 Å². The zero-order valence-corrected chi connectivity index (χ0v) is 10.1. The average molecular weight is 251 g/mol. The van der Waals surface area contributed by atoms with Crippen LogP contribution >= 0.6 is 0 Å². The highest BCUT2D eigenvalue weighted by atomic mass is 16.5. The molecule has 0 aliphatic carbocycles. The maximum absolute atomic E-state index is 11.4. The van der Waals surface area contributed by atoms with Crippen molar-refractivity contribution in [3.8, 4) is 0 Å². The van der Waals surface area contributed by atoms with Crippen LogP contribution in [-0.4, -0.2) is 39.2 Å². The molecule has 0 saturated carbocycles. The van der Waals surface area contributed by atoms with Crippen LogP contribution in [0.4, 0.5) is 0 Å². The number of methoxy groups -OCH3 is 3. The second kappa shape index (κ2) is 5.81. The van der Waals surface area contributed by atoms with E-state index >= 15 is 0 Å². The topological polar surface area (TPSA) is 78.9 Å². The molecule has 0 spiro atoms. The number of carbonyl (C=O) groups is 3. The van der Waals surface area contributed by atoms with Crippen LogP contribution in [0.25, 0.3) is 0 Å². The van der Waals surface area contributed by atoms with Crippen molar-refractivity contribution < 1.29 is 28.6 Å². The number of esters is 3. The van der Waals surface area contributed by atoms with Crippen LogP contribution in [0.2, 0.25) is 0 Å². The first kappa shape index (κ1) is 13.7. The number of benzene rings is 1. The lowest BCUT2D eigenvalue weighted by Gasteiger charge is -2.05. The van der Waals surface area contributed by atoms with Crippen LogP contribution in [0.5, 0.6) is 0 Å². The second-order valence-electron chi connectivity index (χ2n) is 3.17. The standard InChI is InChI=1S/C12H11O6/c1-16-10(13)7-4-8(11(14)17-2)6-9(5-7)12(15)18-3/h4-5H,1-3H3. The highest BCUT2D eigenvalue weighted by Crippen LogP contribution is 2.13. The third-order valence-corrected chi connectivity index (χ3v) is 2.10. The van der Waals surface area contributed by atoms with Crippen LogP contribution in [0.1, 0.15) is 31.1 Å². The lowest BCUT2D eigenvalue weighted by molar-refractivity contribution is 0.0597. The first-order chi connectivity index (χ1) is 8.53. The monoisotopic (exact) mass is 251 g/mol. The molecule has 0 bridgehead atoms. The Balaban J connectivity index is 3.32. The third-order valence-electron chi connectivity index (χ3n) is 2.10. The van der Waals surface area contributed by atoms with Crippen molar-refractivity contribution in [3.05, 3.63) is 34.9 Å². The van der Waals surface area contributed by atoms with E-state index < -0.39 is 17.9 Å². The van der Waals surface area contributed by atoms with Crippen LogP contribution in [0.3, 0.4) is 0 Å². The van der Waals surface area contributed by atoms with E-state index in [4.69, 9.17) is 0 Å². The largest absolute Gasteiger partial charge is 0.465 e.